The first-order chi connectivity index (χ1) is 4.93. The largest absolute Gasteiger partial charge is 0.258 e. The van der Waals surface area contributed by atoms with Gasteiger partial charge in [0.2, 0.25) is 0 Å². The lowest BCUT2D eigenvalue weighted by molar-refractivity contribution is 0.171. The molecule has 1 aliphatic heterocycles. The molecule has 0 amide bonds. The molecule has 0 aliphatic carbocycles. The number of nitrogens with zero attached hydrogens (tertiary/aromatic N) is 1. The van der Waals surface area contributed by atoms with Gasteiger partial charge in [-0.2, -0.15) is 0 Å². The van der Waals surface area contributed by atoms with Crippen molar-refractivity contribution >= 4 is 0 Å². The summed E-state index contributed by atoms with van der Waals surface area (Å²) in [5.41, 5.74) is 3.14. The Balaban J connectivity index is 0.000000371. The Morgan fingerprint density at radius 3 is 1.90 bits per heavy atom. The molecule has 2 nitrogen and oxygen atoms in total. The Bertz CT molecular complexity index is 67.7. The van der Waals surface area contributed by atoms with Crippen LogP contribution < -0.4 is 5.43 Å². The molecule has 2 heteroatoms. The highest BCUT2D eigenvalue weighted by Crippen LogP contribution is 2.04. The fourth-order valence-corrected chi connectivity index (χ4v) is 1.12. The van der Waals surface area contributed by atoms with Crippen molar-refractivity contribution in [1.82, 2.24) is 10.4 Å². The predicted octanol–water partition coefficient (Wildman–Crippen LogP) is 1.41. The molecule has 0 atom stereocenters. The molecule has 60 valence electrons. The highest BCUT2D eigenvalue weighted by atomic mass is 15.5. The van der Waals surface area contributed by atoms with Gasteiger partial charge in [-0.15, -0.1) is 13.2 Å². The van der Waals surface area contributed by atoms with E-state index in [1.54, 1.807) is 0 Å². The van der Waals surface area contributed by atoms with Gasteiger partial charge in [-0.1, -0.05) is 6.42 Å². The highest BCUT2D eigenvalue weighted by molar-refractivity contribution is 4.58. The van der Waals surface area contributed by atoms with Crippen LogP contribution >= 0.6 is 0 Å². The van der Waals surface area contributed by atoms with Gasteiger partial charge in [0.15, 0.2) is 0 Å². The summed E-state index contributed by atoms with van der Waals surface area (Å²) >= 11 is 0. The minimum absolute atomic E-state index is 1.23. The molecule has 10 heavy (non-hydrogen) atoms. The fraction of sp³-hybridized carbons (Fsp3) is 0.750. The quantitative estimate of drug-likeness (QED) is 0.557. The number of nitrogens with one attached hydrogen (secondary N) is 1. The molecule has 0 aromatic rings. The van der Waals surface area contributed by atoms with Gasteiger partial charge in [0, 0.05) is 13.1 Å². The van der Waals surface area contributed by atoms with Crippen LogP contribution in [0.15, 0.2) is 13.2 Å². The molecular weight excluding hydrogens is 124 g/mol. The van der Waals surface area contributed by atoms with Crippen LogP contribution in [0.1, 0.15) is 19.3 Å². The Hall–Kier alpha value is -0.340. The van der Waals surface area contributed by atoms with E-state index < -0.39 is 0 Å². The summed E-state index contributed by atoms with van der Waals surface area (Å²) in [6.07, 6.45) is 4.14. The van der Waals surface area contributed by atoms with Crippen LogP contribution in [0.25, 0.3) is 0 Å². The lowest BCUT2D eigenvalue weighted by Gasteiger charge is -2.24. The molecule has 1 fully saturated rings. The zero-order valence-corrected chi connectivity index (χ0v) is 6.90. The van der Waals surface area contributed by atoms with Gasteiger partial charge in [-0.05, 0) is 19.9 Å². The summed E-state index contributed by atoms with van der Waals surface area (Å²) in [6, 6.07) is 0. The van der Waals surface area contributed by atoms with Gasteiger partial charge in [0.05, 0.1) is 0 Å². The summed E-state index contributed by atoms with van der Waals surface area (Å²) in [4.78, 5) is 0. The maximum absolute atomic E-state index is 3.14. The average Bonchev–Trinajstić information content (AvgIpc) is 2.10. The smallest absolute Gasteiger partial charge is 0.0130 e. The zero-order chi connectivity index (χ0) is 7.82. The van der Waals surface area contributed by atoms with Crippen molar-refractivity contribution in [2.24, 2.45) is 0 Å². The molecule has 1 N–H and O–H groups in total. The van der Waals surface area contributed by atoms with E-state index in [2.05, 4.69) is 23.6 Å². The summed E-state index contributed by atoms with van der Waals surface area (Å²) in [6.45, 7) is 8.47. The molecular formula is C8H18N2. The second-order valence-corrected chi connectivity index (χ2v) is 2.27. The van der Waals surface area contributed by atoms with Crippen LogP contribution in [0.4, 0.5) is 0 Å². The SMILES string of the molecule is C=C.CNN1CCCCC1. The third kappa shape index (κ3) is 3.64. The molecule has 1 heterocycles. The molecule has 1 rings (SSSR count). The van der Waals surface area contributed by atoms with E-state index in [4.69, 9.17) is 0 Å². The van der Waals surface area contributed by atoms with Crippen LogP contribution in [0.2, 0.25) is 0 Å². The summed E-state index contributed by atoms with van der Waals surface area (Å²) in [7, 11) is 1.99. The van der Waals surface area contributed by atoms with Gasteiger partial charge in [0.1, 0.15) is 0 Å². The molecule has 0 bridgehead atoms. The molecule has 0 saturated carbocycles. The van der Waals surface area contributed by atoms with Crippen molar-refractivity contribution in [3.8, 4) is 0 Å². The van der Waals surface area contributed by atoms with Crippen LogP contribution in [-0.4, -0.2) is 25.1 Å². The van der Waals surface area contributed by atoms with Crippen molar-refractivity contribution < 1.29 is 0 Å². The van der Waals surface area contributed by atoms with Crippen LogP contribution in [-0.2, 0) is 0 Å². The molecule has 1 aliphatic rings. The molecule has 0 spiro atoms. The molecule has 0 aromatic heterocycles. The third-order valence-corrected chi connectivity index (χ3v) is 1.67. The maximum atomic E-state index is 3.14. The summed E-state index contributed by atoms with van der Waals surface area (Å²) in [5, 5.41) is 2.27. The zero-order valence-electron chi connectivity index (χ0n) is 6.90. The topological polar surface area (TPSA) is 15.3 Å². The van der Waals surface area contributed by atoms with E-state index >= 15 is 0 Å². The van der Waals surface area contributed by atoms with E-state index in [9.17, 15) is 0 Å². The number of hydrogen-bond acceptors (Lipinski definition) is 2. The van der Waals surface area contributed by atoms with Crippen LogP contribution in [0.5, 0.6) is 0 Å². The molecule has 0 aromatic carbocycles. The Kier molecular flexibility index (Phi) is 6.55. The Morgan fingerprint density at radius 2 is 1.60 bits per heavy atom. The van der Waals surface area contributed by atoms with Crippen molar-refractivity contribution in [3.05, 3.63) is 13.2 Å². The van der Waals surface area contributed by atoms with Crippen molar-refractivity contribution in [1.29, 1.82) is 0 Å². The number of rotatable bonds is 1. The highest BCUT2D eigenvalue weighted by Gasteiger charge is 2.05. The summed E-state index contributed by atoms with van der Waals surface area (Å²) in [5.74, 6) is 0. The van der Waals surface area contributed by atoms with Crippen molar-refractivity contribution in [2.75, 3.05) is 20.1 Å². The first kappa shape index (κ1) is 9.66. The minimum atomic E-state index is 1.23. The third-order valence-electron chi connectivity index (χ3n) is 1.67. The second-order valence-electron chi connectivity index (χ2n) is 2.27. The normalized spacial score (nSPS) is 19.3. The Morgan fingerprint density at radius 1 is 1.10 bits per heavy atom. The minimum Gasteiger partial charge on any atom is -0.258 e. The van der Waals surface area contributed by atoms with E-state index in [1.807, 2.05) is 7.05 Å². The van der Waals surface area contributed by atoms with E-state index in [-0.39, 0.29) is 0 Å². The van der Waals surface area contributed by atoms with Gasteiger partial charge in [-0.25, -0.2) is 5.01 Å². The fourth-order valence-electron chi connectivity index (χ4n) is 1.12. The Labute approximate surface area is 63.9 Å². The standard InChI is InChI=1S/C6H14N2.C2H4/c1-7-8-5-3-2-4-6-8;1-2/h7H,2-6H2,1H3;1-2H2. The number of hydrazine groups is 1. The average molecular weight is 142 g/mol. The second kappa shape index (κ2) is 6.78. The molecule has 0 radical (unpaired) electrons. The van der Waals surface area contributed by atoms with Gasteiger partial charge in [0.25, 0.3) is 0 Å². The van der Waals surface area contributed by atoms with Gasteiger partial charge >= 0.3 is 0 Å². The predicted molar refractivity (Wildman–Crippen MR) is 45.7 cm³/mol. The monoisotopic (exact) mass is 142 g/mol. The molecule has 1 saturated heterocycles. The number of piperidine rings is 1. The number of hydrogen-bond donors (Lipinski definition) is 1. The van der Waals surface area contributed by atoms with E-state index in [1.165, 1.54) is 32.4 Å². The van der Waals surface area contributed by atoms with E-state index in [0.717, 1.165) is 0 Å². The van der Waals surface area contributed by atoms with Crippen LogP contribution in [0.3, 0.4) is 0 Å². The van der Waals surface area contributed by atoms with Gasteiger partial charge < -0.3 is 0 Å². The van der Waals surface area contributed by atoms with Gasteiger partial charge in [-0.3, -0.25) is 5.43 Å². The van der Waals surface area contributed by atoms with Crippen molar-refractivity contribution in [2.45, 2.75) is 19.3 Å². The first-order valence-electron chi connectivity index (χ1n) is 3.86. The lowest BCUT2D eigenvalue weighted by atomic mass is 10.2. The molecule has 0 unspecified atom stereocenters. The van der Waals surface area contributed by atoms with Crippen molar-refractivity contribution in [3.63, 3.8) is 0 Å². The maximum Gasteiger partial charge on any atom is 0.0130 e. The first-order valence-corrected chi connectivity index (χ1v) is 3.86. The van der Waals surface area contributed by atoms with Crippen LogP contribution in [0, 0.1) is 0 Å². The summed E-state index contributed by atoms with van der Waals surface area (Å²) < 4.78 is 0. The van der Waals surface area contributed by atoms with E-state index in [0.29, 0.717) is 0 Å². The lowest BCUT2D eigenvalue weighted by Crippen LogP contribution is -2.38.